The molecule has 1 heterocycles. The van der Waals surface area contributed by atoms with E-state index in [1.165, 1.54) is 27.9 Å². The van der Waals surface area contributed by atoms with Crippen molar-refractivity contribution in [3.8, 4) is 11.1 Å². The molecule has 0 spiro atoms. The fourth-order valence-electron chi connectivity index (χ4n) is 2.33. The smallest absolute Gasteiger partial charge is 0.0646 e. The second-order valence-electron chi connectivity index (χ2n) is 4.89. The van der Waals surface area contributed by atoms with Crippen molar-refractivity contribution in [2.45, 2.75) is 19.9 Å². The molecule has 1 aliphatic rings. The first-order valence-electron chi connectivity index (χ1n) is 6.84. The van der Waals surface area contributed by atoms with E-state index in [1.807, 2.05) is 6.21 Å². The number of hydrogen-bond donors (Lipinski definition) is 1. The van der Waals surface area contributed by atoms with E-state index in [-0.39, 0.29) is 0 Å². The summed E-state index contributed by atoms with van der Waals surface area (Å²) in [6.45, 7) is 4.03. The molecule has 0 saturated heterocycles. The lowest BCUT2D eigenvalue weighted by Gasteiger charge is -2.07. The molecule has 96 valence electrons. The van der Waals surface area contributed by atoms with Crippen LogP contribution in [0.5, 0.6) is 0 Å². The van der Waals surface area contributed by atoms with Crippen LogP contribution in [0.15, 0.2) is 47.5 Å². The van der Waals surface area contributed by atoms with Crippen molar-refractivity contribution in [1.82, 2.24) is 0 Å². The summed E-state index contributed by atoms with van der Waals surface area (Å²) < 4.78 is 0. The molecule has 1 N–H and O–H groups in total. The van der Waals surface area contributed by atoms with E-state index >= 15 is 0 Å². The van der Waals surface area contributed by atoms with Crippen molar-refractivity contribution < 1.29 is 0 Å². The molecule has 0 amide bonds. The van der Waals surface area contributed by atoms with Gasteiger partial charge in [0.15, 0.2) is 0 Å². The van der Waals surface area contributed by atoms with E-state index in [9.17, 15) is 0 Å². The largest absolute Gasteiger partial charge is 0.385 e. The molecule has 0 aliphatic carbocycles. The highest BCUT2D eigenvalue weighted by Crippen LogP contribution is 2.25. The molecule has 1 aliphatic heterocycles. The van der Waals surface area contributed by atoms with Gasteiger partial charge in [-0.15, -0.1) is 0 Å². The summed E-state index contributed by atoms with van der Waals surface area (Å²) in [5, 5.41) is 3.39. The highest BCUT2D eigenvalue weighted by molar-refractivity contribution is 5.87. The topological polar surface area (TPSA) is 24.4 Å². The normalized spacial score (nSPS) is 12.5. The molecule has 2 nitrogen and oxygen atoms in total. The summed E-state index contributed by atoms with van der Waals surface area (Å²) >= 11 is 0. The number of aliphatic imine (C=N–C) groups is 1. The molecule has 19 heavy (non-hydrogen) atoms. The number of anilines is 1. The minimum Gasteiger partial charge on any atom is -0.385 e. The molecule has 3 rings (SSSR count). The summed E-state index contributed by atoms with van der Waals surface area (Å²) in [6, 6.07) is 15.2. The Kier molecular flexibility index (Phi) is 3.32. The van der Waals surface area contributed by atoms with Crippen LogP contribution in [-0.4, -0.2) is 12.8 Å². The van der Waals surface area contributed by atoms with Crippen LogP contribution < -0.4 is 5.32 Å². The Bertz CT molecular complexity index is 597. The molecular formula is C17H18N2. The van der Waals surface area contributed by atoms with Crippen LogP contribution >= 0.6 is 0 Å². The van der Waals surface area contributed by atoms with Gasteiger partial charge in [-0.2, -0.15) is 0 Å². The molecule has 0 radical (unpaired) electrons. The maximum absolute atomic E-state index is 4.30. The van der Waals surface area contributed by atoms with Gasteiger partial charge in [0.2, 0.25) is 0 Å². The highest BCUT2D eigenvalue weighted by Gasteiger charge is 2.07. The zero-order chi connectivity index (χ0) is 13.1. The van der Waals surface area contributed by atoms with Gasteiger partial charge in [0.05, 0.1) is 6.54 Å². The van der Waals surface area contributed by atoms with Crippen LogP contribution in [-0.2, 0) is 6.54 Å². The number of rotatable bonds is 4. The Labute approximate surface area is 114 Å². The van der Waals surface area contributed by atoms with Gasteiger partial charge in [0.25, 0.3) is 0 Å². The zero-order valence-electron chi connectivity index (χ0n) is 11.2. The molecule has 0 fully saturated rings. The average Bonchev–Trinajstić information content (AvgIpc) is 2.93. The van der Waals surface area contributed by atoms with Crippen LogP contribution in [0, 0.1) is 0 Å². The summed E-state index contributed by atoms with van der Waals surface area (Å²) in [6.07, 6.45) is 3.11. The van der Waals surface area contributed by atoms with Gasteiger partial charge in [-0.1, -0.05) is 31.2 Å². The Hall–Kier alpha value is -2.09. The van der Waals surface area contributed by atoms with Gasteiger partial charge in [-0.05, 0) is 46.9 Å². The molecule has 0 aromatic heterocycles. The van der Waals surface area contributed by atoms with Crippen molar-refractivity contribution in [3.05, 3.63) is 53.6 Å². The maximum atomic E-state index is 4.30. The van der Waals surface area contributed by atoms with Crippen LogP contribution in [0.2, 0.25) is 0 Å². The van der Waals surface area contributed by atoms with E-state index in [4.69, 9.17) is 0 Å². The van der Waals surface area contributed by atoms with Crippen molar-refractivity contribution in [1.29, 1.82) is 0 Å². The number of nitrogens with one attached hydrogen (secondary N) is 1. The van der Waals surface area contributed by atoms with Gasteiger partial charge in [-0.3, -0.25) is 4.99 Å². The first kappa shape index (κ1) is 12.0. The van der Waals surface area contributed by atoms with Crippen molar-refractivity contribution in [3.63, 3.8) is 0 Å². The monoisotopic (exact) mass is 250 g/mol. The van der Waals surface area contributed by atoms with Crippen molar-refractivity contribution >= 4 is 11.9 Å². The lowest BCUT2D eigenvalue weighted by Crippen LogP contribution is -1.98. The molecular weight excluding hydrogens is 232 g/mol. The first-order valence-corrected chi connectivity index (χ1v) is 6.84. The minimum absolute atomic E-state index is 0.829. The molecule has 0 unspecified atom stereocenters. The second-order valence-corrected chi connectivity index (χ2v) is 4.89. The first-order chi connectivity index (χ1) is 9.36. The second kappa shape index (κ2) is 5.27. The molecule has 0 atom stereocenters. The number of fused-ring (bicyclic) bond motifs is 1. The van der Waals surface area contributed by atoms with Gasteiger partial charge in [-0.25, -0.2) is 0 Å². The highest BCUT2D eigenvalue weighted by atomic mass is 14.9. The van der Waals surface area contributed by atoms with Crippen LogP contribution in [0.25, 0.3) is 11.1 Å². The SMILES string of the molecule is CCCNc1ccc(-c2ccc3c(c2)C=NC3)cc1. The number of nitrogens with zero attached hydrogens (tertiary/aromatic N) is 1. The van der Waals surface area contributed by atoms with Crippen molar-refractivity contribution in [2.75, 3.05) is 11.9 Å². The Morgan fingerprint density at radius 3 is 2.63 bits per heavy atom. The van der Waals surface area contributed by atoms with E-state index in [1.54, 1.807) is 0 Å². The number of benzene rings is 2. The fourth-order valence-corrected chi connectivity index (χ4v) is 2.33. The van der Waals surface area contributed by atoms with E-state index in [0.717, 1.165) is 19.5 Å². The third kappa shape index (κ3) is 2.53. The number of hydrogen-bond acceptors (Lipinski definition) is 2. The lowest BCUT2D eigenvalue weighted by atomic mass is 10.0. The summed E-state index contributed by atoms with van der Waals surface area (Å²) in [4.78, 5) is 4.30. The molecule has 2 heteroatoms. The standard InChI is InChI=1S/C17H18N2/c1-2-9-19-17-7-5-13(6-8-17)14-3-4-15-11-18-12-16(15)10-14/h3-8,10,12,19H,2,9,11H2,1H3. The molecule has 0 bridgehead atoms. The van der Waals surface area contributed by atoms with Gasteiger partial charge in [0, 0.05) is 18.4 Å². The fraction of sp³-hybridized carbons (Fsp3) is 0.235. The van der Waals surface area contributed by atoms with E-state index < -0.39 is 0 Å². The Morgan fingerprint density at radius 1 is 1.05 bits per heavy atom. The van der Waals surface area contributed by atoms with Crippen LogP contribution in [0.4, 0.5) is 5.69 Å². The molecule has 0 saturated carbocycles. The summed E-state index contributed by atoms with van der Waals surface area (Å²) in [7, 11) is 0. The third-order valence-electron chi connectivity index (χ3n) is 3.44. The van der Waals surface area contributed by atoms with E-state index in [2.05, 4.69) is 59.7 Å². The lowest BCUT2D eigenvalue weighted by molar-refractivity contribution is 0.980. The third-order valence-corrected chi connectivity index (χ3v) is 3.44. The molecule has 2 aromatic carbocycles. The predicted octanol–water partition coefficient (Wildman–Crippen LogP) is 4.11. The quantitative estimate of drug-likeness (QED) is 0.867. The Balaban J connectivity index is 1.84. The van der Waals surface area contributed by atoms with Gasteiger partial charge in [0.1, 0.15) is 0 Å². The maximum Gasteiger partial charge on any atom is 0.0646 e. The van der Waals surface area contributed by atoms with Gasteiger partial charge < -0.3 is 5.32 Å². The Morgan fingerprint density at radius 2 is 1.84 bits per heavy atom. The predicted molar refractivity (Wildman–Crippen MR) is 82.0 cm³/mol. The van der Waals surface area contributed by atoms with Gasteiger partial charge >= 0.3 is 0 Å². The zero-order valence-corrected chi connectivity index (χ0v) is 11.2. The van der Waals surface area contributed by atoms with Crippen molar-refractivity contribution in [2.24, 2.45) is 4.99 Å². The van der Waals surface area contributed by atoms with E-state index in [0.29, 0.717) is 0 Å². The average molecular weight is 250 g/mol. The van der Waals surface area contributed by atoms with Crippen LogP contribution in [0.1, 0.15) is 24.5 Å². The minimum atomic E-state index is 0.829. The van der Waals surface area contributed by atoms with Crippen LogP contribution in [0.3, 0.4) is 0 Å². The molecule has 2 aromatic rings. The summed E-state index contributed by atoms with van der Waals surface area (Å²) in [5.41, 5.74) is 6.28. The summed E-state index contributed by atoms with van der Waals surface area (Å²) in [5.74, 6) is 0.